The largest absolute Gasteiger partial charge is 0.444 e. The van der Waals surface area contributed by atoms with Crippen LogP contribution in [0, 0.1) is 5.92 Å². The Balaban J connectivity index is 2.14. The fourth-order valence-electron chi connectivity index (χ4n) is 2.93. The van der Waals surface area contributed by atoms with E-state index >= 15 is 0 Å². The van der Waals surface area contributed by atoms with Crippen LogP contribution in [0.15, 0.2) is 0 Å². The molecule has 5 heteroatoms. The standard InChI is InChI=1S/C12H20N2O3/c1-12(2,3)17-11(16)14-8-5-4-7(6-8)9(14)10(13)15/h7-9H,4-6H2,1-3H3,(H2,13,15)/t7-,8+,9?/m0/s1. The topological polar surface area (TPSA) is 72.6 Å². The predicted octanol–water partition coefficient (Wildman–Crippen LogP) is 1.26. The fourth-order valence-corrected chi connectivity index (χ4v) is 2.93. The molecule has 1 aliphatic carbocycles. The molecule has 0 radical (unpaired) electrons. The van der Waals surface area contributed by atoms with Crippen molar-refractivity contribution in [3.8, 4) is 0 Å². The maximum Gasteiger partial charge on any atom is 0.411 e. The molecule has 0 aromatic heterocycles. The van der Waals surface area contributed by atoms with Gasteiger partial charge in [-0.3, -0.25) is 9.69 Å². The third-order valence-electron chi connectivity index (χ3n) is 3.48. The van der Waals surface area contributed by atoms with Gasteiger partial charge in [0, 0.05) is 6.04 Å². The molecule has 1 unspecified atom stereocenters. The molecule has 2 rings (SSSR count). The number of carbonyl (C=O) groups is 2. The van der Waals surface area contributed by atoms with Crippen LogP contribution in [-0.4, -0.2) is 34.6 Å². The van der Waals surface area contributed by atoms with E-state index in [1.807, 2.05) is 20.8 Å². The molecule has 5 nitrogen and oxygen atoms in total. The summed E-state index contributed by atoms with van der Waals surface area (Å²) in [7, 11) is 0. The summed E-state index contributed by atoms with van der Waals surface area (Å²) in [6, 6.07) is -0.337. The van der Waals surface area contributed by atoms with Gasteiger partial charge >= 0.3 is 6.09 Å². The summed E-state index contributed by atoms with van der Waals surface area (Å²) in [6.07, 6.45) is 2.41. The van der Waals surface area contributed by atoms with E-state index in [2.05, 4.69) is 0 Å². The lowest BCUT2D eigenvalue weighted by Crippen LogP contribution is -2.52. The molecule has 1 heterocycles. The highest BCUT2D eigenvalue weighted by molar-refractivity contribution is 5.86. The summed E-state index contributed by atoms with van der Waals surface area (Å²) in [5, 5.41) is 0. The van der Waals surface area contributed by atoms with Crippen LogP contribution >= 0.6 is 0 Å². The molecule has 0 aromatic rings. The summed E-state index contributed by atoms with van der Waals surface area (Å²) >= 11 is 0. The number of nitrogens with zero attached hydrogens (tertiary/aromatic N) is 1. The maximum atomic E-state index is 12.1. The van der Waals surface area contributed by atoms with Gasteiger partial charge in [0.1, 0.15) is 11.6 Å². The molecule has 1 saturated heterocycles. The number of hydrogen-bond donors (Lipinski definition) is 1. The van der Waals surface area contributed by atoms with Crippen molar-refractivity contribution < 1.29 is 14.3 Å². The maximum absolute atomic E-state index is 12.1. The molecule has 2 bridgehead atoms. The minimum Gasteiger partial charge on any atom is -0.444 e. The van der Waals surface area contributed by atoms with Crippen molar-refractivity contribution in [3.63, 3.8) is 0 Å². The normalized spacial score (nSPS) is 31.7. The third kappa shape index (κ3) is 2.23. The summed E-state index contributed by atoms with van der Waals surface area (Å²) in [5.74, 6) is -0.187. The van der Waals surface area contributed by atoms with Crippen molar-refractivity contribution in [2.45, 2.75) is 57.7 Å². The van der Waals surface area contributed by atoms with Crippen molar-refractivity contribution >= 4 is 12.0 Å². The quantitative estimate of drug-likeness (QED) is 0.750. The van der Waals surface area contributed by atoms with Crippen molar-refractivity contribution in [3.05, 3.63) is 0 Å². The van der Waals surface area contributed by atoms with Gasteiger partial charge in [0.25, 0.3) is 0 Å². The van der Waals surface area contributed by atoms with Crippen LogP contribution in [0.3, 0.4) is 0 Å². The zero-order chi connectivity index (χ0) is 12.8. The van der Waals surface area contributed by atoms with E-state index < -0.39 is 23.6 Å². The first-order chi connectivity index (χ1) is 7.79. The number of piperidine rings is 1. The van der Waals surface area contributed by atoms with E-state index in [4.69, 9.17) is 10.5 Å². The van der Waals surface area contributed by atoms with E-state index in [1.54, 1.807) is 4.90 Å². The van der Waals surface area contributed by atoms with E-state index in [0.29, 0.717) is 0 Å². The SMILES string of the molecule is CC(C)(C)OC(=O)N1C(C(N)=O)[C@H]2CC[C@@H]1C2. The van der Waals surface area contributed by atoms with Crippen LogP contribution in [0.5, 0.6) is 0 Å². The van der Waals surface area contributed by atoms with E-state index in [0.717, 1.165) is 19.3 Å². The summed E-state index contributed by atoms with van der Waals surface area (Å²) < 4.78 is 5.33. The molecule has 1 aliphatic heterocycles. The lowest BCUT2D eigenvalue weighted by Gasteiger charge is -2.34. The third-order valence-corrected chi connectivity index (χ3v) is 3.48. The molecule has 2 N–H and O–H groups in total. The summed E-state index contributed by atoms with van der Waals surface area (Å²) in [5.41, 5.74) is 4.85. The molecular weight excluding hydrogens is 220 g/mol. The average molecular weight is 240 g/mol. The Morgan fingerprint density at radius 2 is 1.94 bits per heavy atom. The van der Waals surface area contributed by atoms with Gasteiger partial charge in [0.05, 0.1) is 0 Å². The molecule has 0 spiro atoms. The molecule has 2 amide bonds. The number of amides is 2. The molecule has 17 heavy (non-hydrogen) atoms. The molecule has 96 valence electrons. The number of carbonyl (C=O) groups excluding carboxylic acids is 2. The van der Waals surface area contributed by atoms with Gasteiger partial charge in [0.2, 0.25) is 5.91 Å². The Morgan fingerprint density at radius 1 is 1.29 bits per heavy atom. The monoisotopic (exact) mass is 240 g/mol. The number of rotatable bonds is 1. The first-order valence-corrected chi connectivity index (χ1v) is 6.10. The Labute approximate surface area is 101 Å². The minimum atomic E-state index is -0.541. The number of primary amides is 1. The van der Waals surface area contributed by atoms with Crippen LogP contribution < -0.4 is 5.73 Å². The van der Waals surface area contributed by atoms with E-state index in [9.17, 15) is 9.59 Å². The highest BCUT2D eigenvalue weighted by atomic mass is 16.6. The lowest BCUT2D eigenvalue weighted by atomic mass is 9.98. The van der Waals surface area contributed by atoms with E-state index in [-0.39, 0.29) is 12.0 Å². The van der Waals surface area contributed by atoms with Crippen molar-refractivity contribution in [1.29, 1.82) is 0 Å². The lowest BCUT2D eigenvalue weighted by molar-refractivity contribution is -0.124. The highest BCUT2D eigenvalue weighted by Gasteiger charge is 2.51. The Kier molecular flexibility index (Phi) is 2.79. The van der Waals surface area contributed by atoms with E-state index in [1.165, 1.54) is 0 Å². The Morgan fingerprint density at radius 3 is 2.47 bits per heavy atom. The first-order valence-electron chi connectivity index (χ1n) is 6.10. The zero-order valence-electron chi connectivity index (χ0n) is 10.6. The number of fused-ring (bicyclic) bond motifs is 2. The van der Waals surface area contributed by atoms with Gasteiger partial charge in [-0.05, 0) is 46.0 Å². The molecule has 1 saturated carbocycles. The number of likely N-dealkylation sites (tertiary alicyclic amines) is 1. The number of hydrogen-bond acceptors (Lipinski definition) is 3. The number of nitrogens with two attached hydrogens (primary N) is 1. The molecule has 0 aromatic carbocycles. The molecule has 3 atom stereocenters. The van der Waals surface area contributed by atoms with Gasteiger partial charge in [0.15, 0.2) is 0 Å². The second-order valence-corrected chi connectivity index (χ2v) is 5.96. The minimum absolute atomic E-state index is 0.132. The van der Waals surface area contributed by atoms with Gasteiger partial charge in [-0.25, -0.2) is 4.79 Å². The highest BCUT2D eigenvalue weighted by Crippen LogP contribution is 2.42. The van der Waals surface area contributed by atoms with Gasteiger partial charge in [-0.1, -0.05) is 0 Å². The average Bonchev–Trinajstić information content (AvgIpc) is 2.72. The second-order valence-electron chi connectivity index (χ2n) is 5.96. The summed E-state index contributed by atoms with van der Waals surface area (Å²) in [6.45, 7) is 5.45. The van der Waals surface area contributed by atoms with Gasteiger partial charge < -0.3 is 10.5 Å². The first kappa shape index (κ1) is 12.2. The second kappa shape index (κ2) is 3.89. The Bertz CT molecular complexity index is 348. The van der Waals surface area contributed by atoms with Crippen LogP contribution in [0.25, 0.3) is 0 Å². The fraction of sp³-hybridized carbons (Fsp3) is 0.833. The molecular formula is C12H20N2O3. The van der Waals surface area contributed by atoms with Crippen molar-refractivity contribution in [2.75, 3.05) is 0 Å². The molecule has 2 aliphatic rings. The van der Waals surface area contributed by atoms with Crippen LogP contribution in [0.4, 0.5) is 4.79 Å². The summed E-state index contributed by atoms with van der Waals surface area (Å²) in [4.78, 5) is 25.1. The van der Waals surface area contributed by atoms with Gasteiger partial charge in [-0.15, -0.1) is 0 Å². The van der Waals surface area contributed by atoms with Crippen molar-refractivity contribution in [1.82, 2.24) is 4.90 Å². The zero-order valence-corrected chi connectivity index (χ0v) is 10.6. The predicted molar refractivity (Wildman–Crippen MR) is 62.2 cm³/mol. The van der Waals surface area contributed by atoms with Crippen molar-refractivity contribution in [2.24, 2.45) is 11.7 Å². The smallest absolute Gasteiger partial charge is 0.411 e. The van der Waals surface area contributed by atoms with Gasteiger partial charge in [-0.2, -0.15) is 0 Å². The Hall–Kier alpha value is -1.26. The van der Waals surface area contributed by atoms with Crippen LogP contribution in [-0.2, 0) is 9.53 Å². The number of ether oxygens (including phenoxy) is 1. The van der Waals surface area contributed by atoms with Crippen LogP contribution in [0.2, 0.25) is 0 Å². The van der Waals surface area contributed by atoms with Crippen LogP contribution in [0.1, 0.15) is 40.0 Å². The molecule has 2 fully saturated rings.